The molecule has 19 heavy (non-hydrogen) atoms. The molecular weight excluding hydrogens is 308 g/mol. The van der Waals surface area contributed by atoms with Gasteiger partial charge in [0.15, 0.2) is 0 Å². The van der Waals surface area contributed by atoms with Gasteiger partial charge >= 0.3 is 0 Å². The van der Waals surface area contributed by atoms with Crippen LogP contribution in [0.4, 0.5) is 0 Å². The molecular formula is C14H15BrN2O2. The highest BCUT2D eigenvalue weighted by Crippen LogP contribution is 2.17. The molecule has 0 radical (unpaired) electrons. The van der Waals surface area contributed by atoms with Gasteiger partial charge in [0.1, 0.15) is 18.2 Å². The molecule has 0 spiro atoms. The number of aromatic nitrogens is 2. The third kappa shape index (κ3) is 3.67. The largest absolute Gasteiger partial charge is 0.492 e. The Morgan fingerprint density at radius 2 is 2.11 bits per heavy atom. The van der Waals surface area contributed by atoms with Crippen LogP contribution in [-0.4, -0.2) is 16.2 Å². The molecule has 0 aliphatic heterocycles. The second kappa shape index (κ2) is 6.02. The van der Waals surface area contributed by atoms with Crippen molar-refractivity contribution < 1.29 is 4.74 Å². The molecule has 1 aromatic carbocycles. The van der Waals surface area contributed by atoms with Crippen molar-refractivity contribution in [3.05, 3.63) is 56.7 Å². The minimum Gasteiger partial charge on any atom is -0.492 e. The third-order valence-electron chi connectivity index (χ3n) is 2.71. The summed E-state index contributed by atoms with van der Waals surface area (Å²) >= 11 is 3.38. The quantitative estimate of drug-likeness (QED) is 0.869. The summed E-state index contributed by atoms with van der Waals surface area (Å²) < 4.78 is 8.20. The maximum atomic E-state index is 11.8. The van der Waals surface area contributed by atoms with Crippen molar-refractivity contribution in [1.29, 1.82) is 0 Å². The van der Waals surface area contributed by atoms with Crippen LogP contribution in [0, 0.1) is 13.8 Å². The molecule has 2 rings (SSSR count). The molecule has 100 valence electrons. The van der Waals surface area contributed by atoms with Crippen molar-refractivity contribution >= 4 is 15.9 Å². The zero-order chi connectivity index (χ0) is 13.8. The Balaban J connectivity index is 2.02. The number of benzene rings is 1. The molecule has 0 aliphatic carbocycles. The molecule has 1 aromatic heterocycles. The van der Waals surface area contributed by atoms with E-state index >= 15 is 0 Å². The Morgan fingerprint density at radius 1 is 1.32 bits per heavy atom. The van der Waals surface area contributed by atoms with Crippen molar-refractivity contribution in [3.63, 3.8) is 0 Å². The standard InChI is InChI=1S/C14H15BrN2O2/c1-10-8-14(18)17(11(2)16-10)6-7-19-13-5-3-4-12(15)9-13/h3-5,8-9H,6-7H2,1-2H3. The van der Waals surface area contributed by atoms with Crippen molar-refractivity contribution in [3.8, 4) is 5.75 Å². The Hall–Kier alpha value is -1.62. The molecule has 0 bridgehead atoms. The van der Waals surface area contributed by atoms with E-state index in [0.29, 0.717) is 19.0 Å². The summed E-state index contributed by atoms with van der Waals surface area (Å²) in [6.45, 7) is 4.57. The van der Waals surface area contributed by atoms with Crippen molar-refractivity contribution in [2.24, 2.45) is 0 Å². The minimum atomic E-state index is -0.0390. The highest BCUT2D eigenvalue weighted by atomic mass is 79.9. The fourth-order valence-electron chi connectivity index (χ4n) is 1.85. The van der Waals surface area contributed by atoms with Crippen LogP contribution < -0.4 is 10.3 Å². The number of hydrogen-bond donors (Lipinski definition) is 0. The van der Waals surface area contributed by atoms with Gasteiger partial charge in [0, 0.05) is 16.2 Å². The summed E-state index contributed by atoms with van der Waals surface area (Å²) in [6, 6.07) is 9.15. The minimum absolute atomic E-state index is 0.0390. The number of rotatable bonds is 4. The van der Waals surface area contributed by atoms with E-state index in [1.54, 1.807) is 4.57 Å². The lowest BCUT2D eigenvalue weighted by atomic mass is 10.3. The third-order valence-corrected chi connectivity index (χ3v) is 3.20. The van der Waals surface area contributed by atoms with Crippen LogP contribution in [0.3, 0.4) is 0 Å². The number of hydrogen-bond acceptors (Lipinski definition) is 3. The Morgan fingerprint density at radius 3 is 2.79 bits per heavy atom. The Kier molecular flexibility index (Phi) is 4.37. The van der Waals surface area contributed by atoms with Gasteiger partial charge in [-0.25, -0.2) is 4.98 Å². The predicted octanol–water partition coefficient (Wildman–Crippen LogP) is 2.70. The van der Waals surface area contributed by atoms with Crippen LogP contribution in [0.25, 0.3) is 0 Å². The smallest absolute Gasteiger partial charge is 0.253 e. The van der Waals surface area contributed by atoms with Crippen LogP contribution in [0.2, 0.25) is 0 Å². The van der Waals surface area contributed by atoms with Crippen molar-refractivity contribution in [2.45, 2.75) is 20.4 Å². The summed E-state index contributed by atoms with van der Waals surface area (Å²) in [6.07, 6.45) is 0. The fourth-order valence-corrected chi connectivity index (χ4v) is 2.23. The number of ether oxygens (including phenoxy) is 1. The monoisotopic (exact) mass is 322 g/mol. The summed E-state index contributed by atoms with van der Waals surface area (Å²) in [5.74, 6) is 1.49. The van der Waals surface area contributed by atoms with E-state index in [-0.39, 0.29) is 5.56 Å². The second-order valence-corrected chi connectivity index (χ2v) is 5.16. The van der Waals surface area contributed by atoms with E-state index in [2.05, 4.69) is 20.9 Å². The molecule has 0 saturated carbocycles. The number of halogens is 1. The Bertz CT molecular complexity index is 638. The van der Waals surface area contributed by atoms with Crippen LogP contribution in [0.1, 0.15) is 11.5 Å². The van der Waals surface area contributed by atoms with Gasteiger partial charge in [-0.3, -0.25) is 9.36 Å². The first-order valence-electron chi connectivity index (χ1n) is 6.00. The van der Waals surface area contributed by atoms with Gasteiger partial charge in [-0.1, -0.05) is 22.0 Å². The predicted molar refractivity (Wildman–Crippen MR) is 77.6 cm³/mol. The number of nitrogens with zero attached hydrogens (tertiary/aromatic N) is 2. The van der Waals surface area contributed by atoms with E-state index in [1.165, 1.54) is 6.07 Å². The van der Waals surface area contributed by atoms with E-state index in [0.717, 1.165) is 15.9 Å². The van der Waals surface area contributed by atoms with E-state index < -0.39 is 0 Å². The van der Waals surface area contributed by atoms with Gasteiger partial charge in [-0.15, -0.1) is 0 Å². The topological polar surface area (TPSA) is 44.1 Å². The van der Waals surface area contributed by atoms with Gasteiger partial charge in [0.05, 0.1) is 6.54 Å². The molecule has 0 atom stereocenters. The van der Waals surface area contributed by atoms with Crippen molar-refractivity contribution in [2.75, 3.05) is 6.61 Å². The van der Waals surface area contributed by atoms with Gasteiger partial charge < -0.3 is 4.74 Å². The first kappa shape index (κ1) is 13.8. The average Bonchev–Trinajstić information content (AvgIpc) is 2.32. The molecule has 1 heterocycles. The normalized spacial score (nSPS) is 10.5. The van der Waals surface area contributed by atoms with Gasteiger partial charge in [-0.2, -0.15) is 0 Å². The SMILES string of the molecule is Cc1cc(=O)n(CCOc2cccc(Br)c2)c(C)n1. The summed E-state index contributed by atoms with van der Waals surface area (Å²) in [7, 11) is 0. The maximum Gasteiger partial charge on any atom is 0.253 e. The van der Waals surface area contributed by atoms with Crippen LogP contribution in [0.5, 0.6) is 5.75 Å². The van der Waals surface area contributed by atoms with E-state index in [9.17, 15) is 4.79 Å². The molecule has 2 aromatic rings. The summed E-state index contributed by atoms with van der Waals surface area (Å²) in [5.41, 5.74) is 0.703. The molecule has 4 nitrogen and oxygen atoms in total. The summed E-state index contributed by atoms with van der Waals surface area (Å²) in [4.78, 5) is 16.1. The zero-order valence-electron chi connectivity index (χ0n) is 10.9. The van der Waals surface area contributed by atoms with E-state index in [4.69, 9.17) is 4.74 Å². The van der Waals surface area contributed by atoms with Crippen LogP contribution in [0.15, 0.2) is 39.6 Å². The first-order chi connectivity index (χ1) is 9.06. The first-order valence-corrected chi connectivity index (χ1v) is 6.79. The molecule has 0 amide bonds. The molecule has 0 N–H and O–H groups in total. The maximum absolute atomic E-state index is 11.8. The van der Waals surface area contributed by atoms with Crippen molar-refractivity contribution in [1.82, 2.24) is 9.55 Å². The van der Waals surface area contributed by atoms with Gasteiger partial charge in [-0.05, 0) is 32.0 Å². The van der Waals surface area contributed by atoms with E-state index in [1.807, 2.05) is 38.1 Å². The lowest BCUT2D eigenvalue weighted by Crippen LogP contribution is -2.26. The second-order valence-electron chi connectivity index (χ2n) is 4.24. The zero-order valence-corrected chi connectivity index (χ0v) is 12.5. The Labute approximate surface area is 120 Å². The molecule has 0 aliphatic rings. The van der Waals surface area contributed by atoms with Crippen LogP contribution >= 0.6 is 15.9 Å². The van der Waals surface area contributed by atoms with Crippen LogP contribution in [-0.2, 0) is 6.54 Å². The lowest BCUT2D eigenvalue weighted by molar-refractivity contribution is 0.293. The molecule has 0 unspecified atom stereocenters. The lowest BCUT2D eigenvalue weighted by Gasteiger charge is -2.11. The highest BCUT2D eigenvalue weighted by molar-refractivity contribution is 9.10. The van der Waals surface area contributed by atoms with Gasteiger partial charge in [0.2, 0.25) is 0 Å². The molecule has 0 fully saturated rings. The highest BCUT2D eigenvalue weighted by Gasteiger charge is 2.03. The van der Waals surface area contributed by atoms with Gasteiger partial charge in [0.25, 0.3) is 5.56 Å². The fraction of sp³-hybridized carbons (Fsp3) is 0.286. The number of aryl methyl sites for hydroxylation is 2. The molecule has 5 heteroatoms. The molecule has 0 saturated heterocycles. The average molecular weight is 323 g/mol. The summed E-state index contributed by atoms with van der Waals surface area (Å²) in [5, 5.41) is 0.